The van der Waals surface area contributed by atoms with Gasteiger partial charge in [-0.1, -0.05) is 103 Å². The maximum atomic E-state index is 10.5. The summed E-state index contributed by atoms with van der Waals surface area (Å²) in [5.41, 5.74) is 10.3. The minimum atomic E-state index is 0.606. The van der Waals surface area contributed by atoms with Gasteiger partial charge in [0.15, 0.2) is 5.58 Å². The maximum absolute atomic E-state index is 10.5. The largest absolute Gasteiger partial charge is 0.453 e. The van der Waals surface area contributed by atoms with E-state index in [1.54, 1.807) is 0 Å². The first-order chi connectivity index (χ1) is 25.2. The van der Waals surface area contributed by atoms with Crippen LogP contribution in [0.1, 0.15) is 35.1 Å². The van der Waals surface area contributed by atoms with Crippen LogP contribution in [-0.2, 0) is 6.42 Å². The number of allylic oxidation sites excluding steroid dienone is 4. The molecule has 0 fully saturated rings. The normalized spacial score (nSPS) is 13.0. The van der Waals surface area contributed by atoms with Crippen molar-refractivity contribution in [2.24, 2.45) is 0 Å². The van der Waals surface area contributed by atoms with Crippen molar-refractivity contribution in [3.8, 4) is 23.3 Å². The predicted octanol–water partition coefficient (Wildman–Crippen LogP) is 12.2. The van der Waals surface area contributed by atoms with E-state index in [9.17, 15) is 10.5 Å². The first kappa shape index (κ1) is 29.1. The second-order valence-corrected chi connectivity index (χ2v) is 13.4. The maximum Gasteiger partial charge on any atom is 0.160 e. The van der Waals surface area contributed by atoms with E-state index in [1.165, 1.54) is 16.6 Å². The molecule has 0 N–H and O–H groups in total. The van der Waals surface area contributed by atoms with E-state index in [0.717, 1.165) is 89.5 Å². The Morgan fingerprint density at radius 2 is 1.41 bits per heavy atom. The first-order valence-electron chi connectivity index (χ1n) is 17.3. The lowest BCUT2D eigenvalue weighted by atomic mass is 9.87. The summed E-state index contributed by atoms with van der Waals surface area (Å²) in [4.78, 5) is 0. The molecule has 2 aromatic heterocycles. The molecular weight excluding hydrogens is 623 g/mol. The van der Waals surface area contributed by atoms with Crippen molar-refractivity contribution in [2.75, 3.05) is 0 Å². The molecule has 238 valence electrons. The van der Waals surface area contributed by atoms with Crippen molar-refractivity contribution in [1.29, 1.82) is 10.5 Å². The Balaban J connectivity index is 1.23. The number of nitrogens with zero attached hydrogens (tertiary/aromatic N) is 3. The topological polar surface area (TPSA) is 65.7 Å². The zero-order chi connectivity index (χ0) is 34.1. The molecule has 0 radical (unpaired) electrons. The Morgan fingerprint density at radius 1 is 0.627 bits per heavy atom. The highest BCUT2D eigenvalue weighted by Crippen LogP contribution is 2.44. The molecule has 0 aliphatic heterocycles. The van der Waals surface area contributed by atoms with Gasteiger partial charge in [0.25, 0.3) is 0 Å². The average molecular weight is 652 g/mol. The molecule has 0 saturated carbocycles. The van der Waals surface area contributed by atoms with Gasteiger partial charge in [0.1, 0.15) is 5.58 Å². The van der Waals surface area contributed by atoms with Gasteiger partial charge in [-0.15, -0.1) is 0 Å². The summed E-state index contributed by atoms with van der Waals surface area (Å²) in [5.74, 6) is 0. The van der Waals surface area contributed by atoms with Crippen molar-refractivity contribution in [2.45, 2.75) is 19.3 Å². The molecule has 2 heterocycles. The highest BCUT2D eigenvalue weighted by Gasteiger charge is 2.23. The Morgan fingerprint density at radius 3 is 2.27 bits per heavy atom. The molecular formula is C47H29N3O. The second kappa shape index (κ2) is 11.3. The number of fused-ring (bicyclic) bond motifs is 10. The third-order valence-electron chi connectivity index (χ3n) is 10.6. The smallest absolute Gasteiger partial charge is 0.160 e. The highest BCUT2D eigenvalue weighted by molar-refractivity contribution is 6.23. The van der Waals surface area contributed by atoms with Crippen LogP contribution >= 0.6 is 0 Å². The molecule has 9 aromatic rings. The van der Waals surface area contributed by atoms with Gasteiger partial charge in [0.05, 0.1) is 34.3 Å². The lowest BCUT2D eigenvalue weighted by Crippen LogP contribution is -1.98. The highest BCUT2D eigenvalue weighted by atomic mass is 16.3. The molecule has 7 aromatic carbocycles. The molecule has 4 nitrogen and oxygen atoms in total. The Hall–Kier alpha value is -6.88. The quantitative estimate of drug-likeness (QED) is 0.178. The zero-order valence-corrected chi connectivity index (χ0v) is 27.7. The number of hydrogen-bond donors (Lipinski definition) is 0. The van der Waals surface area contributed by atoms with Gasteiger partial charge in [-0.2, -0.15) is 10.5 Å². The Kier molecular flexibility index (Phi) is 6.47. The van der Waals surface area contributed by atoms with Crippen molar-refractivity contribution in [1.82, 2.24) is 4.57 Å². The third-order valence-corrected chi connectivity index (χ3v) is 10.6. The molecule has 4 heteroatoms. The van der Waals surface area contributed by atoms with Crippen LogP contribution in [0.3, 0.4) is 0 Å². The Labute approximate surface area is 294 Å². The van der Waals surface area contributed by atoms with Gasteiger partial charge >= 0.3 is 0 Å². The summed E-state index contributed by atoms with van der Waals surface area (Å²) >= 11 is 0. The lowest BCUT2D eigenvalue weighted by Gasteiger charge is -2.15. The van der Waals surface area contributed by atoms with Crippen LogP contribution in [0.5, 0.6) is 0 Å². The van der Waals surface area contributed by atoms with Crippen LogP contribution in [0.15, 0.2) is 144 Å². The minimum Gasteiger partial charge on any atom is -0.453 e. The van der Waals surface area contributed by atoms with Crippen LogP contribution in [0.4, 0.5) is 0 Å². The first-order valence-corrected chi connectivity index (χ1v) is 17.3. The van der Waals surface area contributed by atoms with Crippen LogP contribution < -0.4 is 0 Å². The summed E-state index contributed by atoms with van der Waals surface area (Å²) < 4.78 is 9.45. The summed E-state index contributed by atoms with van der Waals surface area (Å²) in [5, 5.41) is 29.1. The predicted molar refractivity (Wildman–Crippen MR) is 208 cm³/mol. The fraction of sp³-hybridized carbons (Fsp3) is 0.0638. The summed E-state index contributed by atoms with van der Waals surface area (Å²) in [6, 6.07) is 46.6. The van der Waals surface area contributed by atoms with Crippen molar-refractivity contribution < 1.29 is 4.42 Å². The van der Waals surface area contributed by atoms with Crippen molar-refractivity contribution in [3.63, 3.8) is 0 Å². The number of rotatable bonds is 4. The molecule has 0 saturated heterocycles. The van der Waals surface area contributed by atoms with E-state index in [2.05, 4.69) is 120 Å². The number of benzene rings is 7. The molecule has 0 bridgehead atoms. The standard InChI is InChI=1S/C47H29N3O/c48-27-29-20-21-36-33(25-30-10-4-5-15-35(30)42(36)24-29)26-31-11-8-12-32(28-49)44(31)41-18-9-17-39-40-23-22-38-37-16-6-7-19-43(37)50(34-13-2-1-3-14-34)45(38)47(40)51-46(39)41/h1-2,4-13,15-25H,3,14,26H2. The third kappa shape index (κ3) is 4.37. The van der Waals surface area contributed by atoms with Crippen molar-refractivity contribution >= 4 is 71.0 Å². The number of furan rings is 1. The minimum absolute atomic E-state index is 0.606. The number of hydrogen-bond acceptors (Lipinski definition) is 3. The monoisotopic (exact) mass is 651 g/mol. The number of aromatic nitrogens is 1. The summed E-state index contributed by atoms with van der Waals surface area (Å²) in [7, 11) is 0. The van der Waals surface area contributed by atoms with Gasteiger partial charge < -0.3 is 8.98 Å². The van der Waals surface area contributed by atoms with Gasteiger partial charge in [-0.3, -0.25) is 0 Å². The zero-order valence-electron chi connectivity index (χ0n) is 27.7. The lowest BCUT2D eigenvalue weighted by molar-refractivity contribution is 0.672. The molecule has 0 spiro atoms. The van der Waals surface area contributed by atoms with Crippen LogP contribution in [0, 0.1) is 22.7 Å². The number of nitriles is 2. The van der Waals surface area contributed by atoms with Gasteiger partial charge in [0, 0.05) is 38.4 Å². The Bertz CT molecular complexity index is 3080. The fourth-order valence-electron chi connectivity index (χ4n) is 8.34. The molecule has 0 unspecified atom stereocenters. The SMILES string of the molecule is N#Cc1ccc2c(Cc3cccc(C#N)c3-c3cccc4c3oc3c4ccc4c5ccccc5n(C5=CC=CCC5)c43)cc3ccccc3c2c1. The van der Waals surface area contributed by atoms with E-state index in [4.69, 9.17) is 4.42 Å². The van der Waals surface area contributed by atoms with E-state index in [-0.39, 0.29) is 0 Å². The van der Waals surface area contributed by atoms with Gasteiger partial charge in [-0.25, -0.2) is 0 Å². The molecule has 10 rings (SSSR count). The van der Waals surface area contributed by atoms with Crippen LogP contribution in [0.25, 0.3) is 82.1 Å². The molecule has 1 aliphatic rings. The van der Waals surface area contributed by atoms with Crippen LogP contribution in [0.2, 0.25) is 0 Å². The average Bonchev–Trinajstić information content (AvgIpc) is 3.74. The molecule has 0 amide bonds. The second-order valence-electron chi connectivity index (χ2n) is 13.4. The fourth-order valence-corrected chi connectivity index (χ4v) is 8.34. The van der Waals surface area contributed by atoms with E-state index in [1.807, 2.05) is 36.4 Å². The van der Waals surface area contributed by atoms with Gasteiger partial charge in [-0.05, 0) is 88.3 Å². The summed E-state index contributed by atoms with van der Waals surface area (Å²) in [6.45, 7) is 0. The molecule has 1 aliphatic carbocycles. The van der Waals surface area contributed by atoms with E-state index >= 15 is 0 Å². The van der Waals surface area contributed by atoms with Gasteiger partial charge in [0.2, 0.25) is 0 Å². The van der Waals surface area contributed by atoms with Crippen LogP contribution in [-0.4, -0.2) is 4.57 Å². The number of para-hydroxylation sites is 2. The molecule has 0 atom stereocenters. The van der Waals surface area contributed by atoms with Crippen molar-refractivity contribution in [3.05, 3.63) is 162 Å². The van der Waals surface area contributed by atoms with E-state index in [0.29, 0.717) is 17.5 Å². The molecule has 51 heavy (non-hydrogen) atoms. The summed E-state index contributed by atoms with van der Waals surface area (Å²) in [6.07, 6.45) is 9.14. The van der Waals surface area contributed by atoms with E-state index < -0.39 is 0 Å².